The summed E-state index contributed by atoms with van der Waals surface area (Å²) in [4.78, 5) is 71.3. The molecule has 0 aromatic carbocycles. The Balaban J connectivity index is 1.58. The first-order valence-corrected chi connectivity index (χ1v) is 14.1. The number of phosphoric ester groups is 1. The van der Waals surface area contributed by atoms with Crippen molar-refractivity contribution in [3.05, 3.63) is 66.5 Å². The third kappa shape index (κ3) is 5.15. The summed E-state index contributed by atoms with van der Waals surface area (Å²) in [5.41, 5.74) is 3.67. The van der Waals surface area contributed by atoms with Gasteiger partial charge >= 0.3 is 33.2 Å². The van der Waals surface area contributed by atoms with Crippen LogP contribution in [0.4, 0.5) is 5.82 Å². The summed E-state index contributed by atoms with van der Waals surface area (Å²) in [6, 6.07) is -2.35. The van der Waals surface area contributed by atoms with Gasteiger partial charge in [0.25, 0.3) is 5.70 Å². The second-order valence-electron chi connectivity index (χ2n) is 8.68. The topological polar surface area (TPSA) is 340 Å². The molecule has 0 radical (unpaired) electrons. The number of imidazole rings is 1. The van der Waals surface area contributed by atoms with Gasteiger partial charge < -0.3 is 34.6 Å². The van der Waals surface area contributed by atoms with Crippen molar-refractivity contribution in [2.75, 3.05) is 12.3 Å². The lowest BCUT2D eigenvalue weighted by Gasteiger charge is -2.30. The average molecular weight is 638 g/mol. The number of nitrogens with zero attached hydrogens (tertiary/aromatic N) is 7. The molecule has 1 aliphatic carbocycles. The number of nitro groups is 3. The summed E-state index contributed by atoms with van der Waals surface area (Å²) in [7, 11) is -11.0. The number of hydrogen-bond acceptors (Lipinski definition) is 17. The van der Waals surface area contributed by atoms with Crippen molar-refractivity contribution in [1.29, 1.82) is 0 Å². The number of ether oxygens (including phenoxy) is 3. The standard InChI is InChI=1S/C16H16N8O16P2/c17-13-10-14(19-4-18-13)21(5-20-10)15-12-11(7(37-15)3-36-42(34,35)40-41(31,32)33)38-16(39-12)8(23(27)28)1-6(22(25)26)2-9(16)24(29)30/h1-2,4-5,7-8,11-12,15H,3H2,(H,34,35)(H2,17,18,19)(H2,31,32,33)/t7-,8?,11-,12-,15-,16+/m1/s1. The predicted octanol–water partition coefficient (Wildman–Crippen LogP) is -1.01. The monoisotopic (exact) mass is 638 g/mol. The van der Waals surface area contributed by atoms with Crippen LogP contribution in [0.3, 0.4) is 0 Å². The third-order valence-corrected chi connectivity index (χ3v) is 8.33. The van der Waals surface area contributed by atoms with Gasteiger partial charge in [-0.15, -0.1) is 0 Å². The van der Waals surface area contributed by atoms with Gasteiger partial charge in [0, 0.05) is 4.92 Å². The smallest absolute Gasteiger partial charge is 0.382 e. The van der Waals surface area contributed by atoms with Crippen LogP contribution in [0, 0.1) is 30.3 Å². The molecule has 3 aliphatic rings. The van der Waals surface area contributed by atoms with E-state index in [2.05, 4.69) is 23.8 Å². The molecular formula is C16H16N8O16P2. The molecule has 4 heterocycles. The maximum absolute atomic E-state index is 12.1. The van der Waals surface area contributed by atoms with E-state index in [1.54, 1.807) is 0 Å². The number of allylic oxidation sites excluding steroid dienone is 1. The van der Waals surface area contributed by atoms with E-state index in [4.69, 9.17) is 29.7 Å². The van der Waals surface area contributed by atoms with Gasteiger partial charge in [-0.25, -0.2) is 24.1 Å². The molecule has 0 bridgehead atoms. The van der Waals surface area contributed by atoms with Crippen molar-refractivity contribution in [3.63, 3.8) is 0 Å². The van der Waals surface area contributed by atoms with E-state index < -0.39 is 84.8 Å². The fourth-order valence-electron chi connectivity index (χ4n) is 4.61. The Labute approximate surface area is 229 Å². The van der Waals surface area contributed by atoms with E-state index in [0.29, 0.717) is 12.2 Å². The van der Waals surface area contributed by atoms with E-state index in [9.17, 15) is 44.4 Å². The van der Waals surface area contributed by atoms with Gasteiger partial charge in [-0.2, -0.15) is 4.31 Å². The molecule has 5 N–H and O–H groups in total. The number of nitrogens with two attached hydrogens (primary N) is 1. The molecule has 2 fully saturated rings. The number of anilines is 1. The van der Waals surface area contributed by atoms with Crippen LogP contribution in [0.25, 0.3) is 11.2 Å². The van der Waals surface area contributed by atoms with Gasteiger partial charge in [0.1, 0.15) is 30.2 Å². The molecule has 42 heavy (non-hydrogen) atoms. The van der Waals surface area contributed by atoms with Gasteiger partial charge in [-0.3, -0.25) is 39.4 Å². The van der Waals surface area contributed by atoms with Gasteiger partial charge in [-0.05, 0) is 0 Å². The van der Waals surface area contributed by atoms with Crippen LogP contribution >= 0.6 is 15.6 Å². The molecule has 2 aliphatic heterocycles. The van der Waals surface area contributed by atoms with Crippen molar-refractivity contribution in [2.45, 2.75) is 36.4 Å². The average Bonchev–Trinajstić information content (AvgIpc) is 3.54. The summed E-state index contributed by atoms with van der Waals surface area (Å²) in [6.45, 7) is -1.05. The number of hydrogen-bond donors (Lipinski definition) is 4. The maximum Gasteiger partial charge on any atom is 0.481 e. The van der Waals surface area contributed by atoms with E-state index >= 15 is 0 Å². The Bertz CT molecular complexity index is 1660. The first-order valence-electron chi connectivity index (χ1n) is 11.1. The van der Waals surface area contributed by atoms with Crippen molar-refractivity contribution in [2.24, 2.45) is 0 Å². The van der Waals surface area contributed by atoms with Crippen molar-refractivity contribution >= 4 is 32.6 Å². The molecule has 1 spiro atoms. The first-order chi connectivity index (χ1) is 19.5. The minimum atomic E-state index is -5.53. The zero-order chi connectivity index (χ0) is 30.8. The third-order valence-electron chi connectivity index (χ3n) is 6.17. The Morgan fingerprint density at radius 3 is 2.38 bits per heavy atom. The SMILES string of the molecule is Nc1ncnc2c1ncn2[C@@H]1O[C@H](COP(=O)(O)OP(=O)(O)O)[C@H]2O[C@@]3(O[C@H]21)C([N+](=O)[O-])=CC([N+](=O)[O-])=CC3[N+](=O)[O-]. The molecular weight excluding hydrogens is 622 g/mol. The second-order valence-corrected chi connectivity index (χ2v) is 11.5. The van der Waals surface area contributed by atoms with E-state index in [1.165, 1.54) is 4.57 Å². The molecule has 0 amide bonds. The molecule has 2 unspecified atom stereocenters. The largest absolute Gasteiger partial charge is 0.481 e. The van der Waals surface area contributed by atoms with Crippen molar-refractivity contribution < 1.29 is 61.6 Å². The second kappa shape index (κ2) is 10.2. The van der Waals surface area contributed by atoms with Gasteiger partial charge in [0.05, 0.1) is 34.9 Å². The molecule has 2 aromatic heterocycles. The van der Waals surface area contributed by atoms with Crippen LogP contribution < -0.4 is 5.73 Å². The van der Waals surface area contributed by atoms with Gasteiger partial charge in [0.15, 0.2) is 17.7 Å². The summed E-state index contributed by atoms with van der Waals surface area (Å²) in [6.07, 6.45) is -3.15. The molecule has 2 aromatic rings. The summed E-state index contributed by atoms with van der Waals surface area (Å²) < 4.78 is 50.0. The molecule has 26 heteroatoms. The Morgan fingerprint density at radius 1 is 1.07 bits per heavy atom. The lowest BCUT2D eigenvalue weighted by atomic mass is 9.96. The minimum absolute atomic E-state index is 0.0186. The zero-order valence-corrected chi connectivity index (χ0v) is 21.9. The van der Waals surface area contributed by atoms with Gasteiger partial charge in [-0.1, -0.05) is 0 Å². The van der Waals surface area contributed by atoms with E-state index in [1.807, 2.05) is 0 Å². The molecule has 24 nitrogen and oxygen atoms in total. The number of aromatic nitrogens is 4. The molecule has 7 atom stereocenters. The van der Waals surface area contributed by atoms with E-state index in [-0.39, 0.29) is 17.0 Å². The molecule has 2 saturated heterocycles. The fraction of sp³-hybridized carbons (Fsp3) is 0.438. The summed E-state index contributed by atoms with van der Waals surface area (Å²) >= 11 is 0. The zero-order valence-electron chi connectivity index (χ0n) is 20.2. The quantitative estimate of drug-likeness (QED) is 0.145. The summed E-state index contributed by atoms with van der Waals surface area (Å²) in [5.74, 6) is -2.96. The lowest BCUT2D eigenvalue weighted by molar-refractivity contribution is -0.569. The van der Waals surface area contributed by atoms with Crippen LogP contribution in [0.5, 0.6) is 0 Å². The highest BCUT2D eigenvalue weighted by atomic mass is 31.3. The minimum Gasteiger partial charge on any atom is -0.382 e. The fourth-order valence-corrected chi connectivity index (χ4v) is 6.21. The highest BCUT2D eigenvalue weighted by Crippen LogP contribution is 2.58. The Hall–Kier alpha value is -3.83. The number of rotatable bonds is 9. The molecule has 5 rings (SSSR count). The highest BCUT2D eigenvalue weighted by molar-refractivity contribution is 7.60. The van der Waals surface area contributed by atoms with Crippen LogP contribution in [-0.2, 0) is 32.2 Å². The molecule has 226 valence electrons. The van der Waals surface area contributed by atoms with Crippen LogP contribution in [0.2, 0.25) is 0 Å². The van der Waals surface area contributed by atoms with Crippen molar-refractivity contribution in [1.82, 2.24) is 19.5 Å². The maximum atomic E-state index is 12.1. The highest BCUT2D eigenvalue weighted by Gasteiger charge is 2.72. The lowest BCUT2D eigenvalue weighted by Crippen LogP contribution is -2.53. The normalized spacial score (nSPS) is 30.5. The van der Waals surface area contributed by atoms with Crippen LogP contribution in [0.1, 0.15) is 6.23 Å². The summed E-state index contributed by atoms with van der Waals surface area (Å²) in [5, 5.41) is 35.4. The number of nitrogen functional groups attached to an aromatic ring is 1. The number of phosphoric acid groups is 2. The predicted molar refractivity (Wildman–Crippen MR) is 126 cm³/mol. The Kier molecular flexibility index (Phi) is 7.18. The van der Waals surface area contributed by atoms with E-state index in [0.717, 1.165) is 12.7 Å². The van der Waals surface area contributed by atoms with Crippen LogP contribution in [-0.4, -0.2) is 85.7 Å². The number of fused-ring (bicyclic) bond motifs is 2. The Morgan fingerprint density at radius 2 is 1.76 bits per heavy atom. The first kappa shape index (κ1) is 29.7. The van der Waals surface area contributed by atoms with Gasteiger partial charge in [0.2, 0.25) is 0 Å². The molecule has 0 saturated carbocycles. The van der Waals surface area contributed by atoms with Crippen LogP contribution in [0.15, 0.2) is 36.2 Å². The van der Waals surface area contributed by atoms with Crippen molar-refractivity contribution in [3.8, 4) is 0 Å².